The molecule has 7 nitrogen and oxygen atoms in total. The molecule has 0 aromatic rings. The van der Waals surface area contributed by atoms with Crippen molar-refractivity contribution in [3.63, 3.8) is 0 Å². The number of carbonyl (C=O) groups is 3. The van der Waals surface area contributed by atoms with E-state index in [0.29, 0.717) is 0 Å². The van der Waals surface area contributed by atoms with Crippen molar-refractivity contribution in [3.05, 3.63) is 12.2 Å². The number of aliphatic hydroxyl groups excluding tert-OH is 1. The van der Waals surface area contributed by atoms with E-state index in [0.717, 1.165) is 0 Å². The zero-order valence-electron chi connectivity index (χ0n) is 10.0. The predicted octanol–water partition coefficient (Wildman–Crippen LogP) is -0.125. The van der Waals surface area contributed by atoms with Gasteiger partial charge in [-0.05, 0) is 6.92 Å². The molecule has 0 aromatic carbocycles. The van der Waals surface area contributed by atoms with Gasteiger partial charge in [0.1, 0.15) is 0 Å². The zero-order valence-corrected chi connectivity index (χ0v) is 10.0. The third kappa shape index (κ3) is 6.00. The van der Waals surface area contributed by atoms with Crippen LogP contribution in [0.4, 0.5) is 0 Å². The van der Waals surface area contributed by atoms with Crippen molar-refractivity contribution in [1.82, 2.24) is 0 Å². The molecule has 102 valence electrons. The van der Waals surface area contributed by atoms with Crippen LogP contribution in [-0.2, 0) is 23.9 Å². The van der Waals surface area contributed by atoms with E-state index in [1.54, 1.807) is 6.92 Å². The van der Waals surface area contributed by atoms with Gasteiger partial charge in [-0.15, -0.1) is 0 Å². The standard InChI is InChI=1S/C11H16O7/c1-3-17-11(16)8(6-9(13)14)18-10(15)7(2)4-5-12/h8,12H,2-6H2,1H3,(H,13,14). The Labute approximate surface area is 104 Å². The molecular weight excluding hydrogens is 244 g/mol. The van der Waals surface area contributed by atoms with Crippen LogP contribution in [0.25, 0.3) is 0 Å². The number of carboxylic acids is 1. The van der Waals surface area contributed by atoms with Crippen LogP contribution in [0.3, 0.4) is 0 Å². The van der Waals surface area contributed by atoms with Crippen molar-refractivity contribution in [2.75, 3.05) is 13.2 Å². The molecule has 2 N–H and O–H groups in total. The Morgan fingerprint density at radius 2 is 1.94 bits per heavy atom. The molecule has 0 aliphatic carbocycles. The van der Waals surface area contributed by atoms with E-state index in [9.17, 15) is 14.4 Å². The smallest absolute Gasteiger partial charge is 0.348 e. The number of aliphatic hydroxyl groups is 1. The summed E-state index contributed by atoms with van der Waals surface area (Å²) in [5.74, 6) is -3.15. The monoisotopic (exact) mass is 260 g/mol. The molecule has 7 heteroatoms. The summed E-state index contributed by atoms with van der Waals surface area (Å²) in [5.41, 5.74) is -0.0443. The lowest BCUT2D eigenvalue weighted by Gasteiger charge is -2.15. The van der Waals surface area contributed by atoms with E-state index >= 15 is 0 Å². The molecule has 0 radical (unpaired) electrons. The number of carboxylic acid groups (broad SMARTS) is 1. The second kappa shape index (κ2) is 8.24. The Morgan fingerprint density at radius 1 is 1.33 bits per heavy atom. The summed E-state index contributed by atoms with van der Waals surface area (Å²) in [7, 11) is 0. The van der Waals surface area contributed by atoms with Crippen LogP contribution in [0.2, 0.25) is 0 Å². The van der Waals surface area contributed by atoms with E-state index in [2.05, 4.69) is 16.1 Å². The third-order valence-electron chi connectivity index (χ3n) is 1.86. The topological polar surface area (TPSA) is 110 Å². The minimum atomic E-state index is -1.51. The maximum absolute atomic E-state index is 11.4. The molecule has 0 saturated heterocycles. The molecule has 18 heavy (non-hydrogen) atoms. The van der Waals surface area contributed by atoms with Crippen LogP contribution < -0.4 is 0 Å². The highest BCUT2D eigenvalue weighted by Gasteiger charge is 2.27. The highest BCUT2D eigenvalue weighted by molar-refractivity contribution is 5.91. The Kier molecular flexibility index (Phi) is 7.37. The Bertz CT molecular complexity index is 334. The molecule has 0 bridgehead atoms. The maximum Gasteiger partial charge on any atom is 0.348 e. The number of aliphatic carboxylic acids is 1. The summed E-state index contributed by atoms with van der Waals surface area (Å²) in [6.07, 6.45) is -2.20. The summed E-state index contributed by atoms with van der Waals surface area (Å²) in [4.78, 5) is 33.3. The first-order chi connectivity index (χ1) is 8.42. The predicted molar refractivity (Wildman–Crippen MR) is 59.6 cm³/mol. The second-order valence-corrected chi connectivity index (χ2v) is 3.32. The van der Waals surface area contributed by atoms with Crippen LogP contribution in [0.5, 0.6) is 0 Å². The van der Waals surface area contributed by atoms with E-state index in [1.165, 1.54) is 0 Å². The summed E-state index contributed by atoms with van der Waals surface area (Å²) in [5, 5.41) is 17.2. The van der Waals surface area contributed by atoms with Gasteiger partial charge in [-0.2, -0.15) is 0 Å². The van der Waals surface area contributed by atoms with Gasteiger partial charge in [-0.25, -0.2) is 9.59 Å². The quantitative estimate of drug-likeness (QED) is 0.462. The van der Waals surface area contributed by atoms with Crippen LogP contribution in [0, 0.1) is 0 Å². The van der Waals surface area contributed by atoms with Crippen LogP contribution in [-0.4, -0.2) is 47.4 Å². The molecule has 0 rings (SSSR count). The minimum Gasteiger partial charge on any atom is -0.481 e. The second-order valence-electron chi connectivity index (χ2n) is 3.32. The van der Waals surface area contributed by atoms with E-state index in [1.807, 2.05) is 0 Å². The Morgan fingerprint density at radius 3 is 2.39 bits per heavy atom. The van der Waals surface area contributed by atoms with Crippen LogP contribution in [0.15, 0.2) is 12.2 Å². The Balaban J connectivity index is 4.58. The molecule has 0 heterocycles. The number of rotatable bonds is 8. The van der Waals surface area contributed by atoms with Crippen molar-refractivity contribution in [2.45, 2.75) is 25.9 Å². The molecule has 0 aromatic heterocycles. The molecular formula is C11H16O7. The van der Waals surface area contributed by atoms with Gasteiger partial charge in [0, 0.05) is 18.6 Å². The van der Waals surface area contributed by atoms with Gasteiger partial charge >= 0.3 is 17.9 Å². The van der Waals surface area contributed by atoms with Gasteiger partial charge in [0.15, 0.2) is 0 Å². The fourth-order valence-electron chi connectivity index (χ4n) is 1.02. The van der Waals surface area contributed by atoms with Crippen molar-refractivity contribution >= 4 is 17.9 Å². The molecule has 1 unspecified atom stereocenters. The third-order valence-corrected chi connectivity index (χ3v) is 1.86. The lowest BCUT2D eigenvalue weighted by molar-refractivity contribution is -0.168. The molecule has 0 saturated carbocycles. The molecule has 0 aliphatic heterocycles. The highest BCUT2D eigenvalue weighted by atomic mass is 16.6. The van der Waals surface area contributed by atoms with E-state index in [-0.39, 0.29) is 25.2 Å². The van der Waals surface area contributed by atoms with Crippen molar-refractivity contribution < 1.29 is 34.1 Å². The Hall–Kier alpha value is -1.89. The van der Waals surface area contributed by atoms with Gasteiger partial charge in [-0.3, -0.25) is 4.79 Å². The van der Waals surface area contributed by atoms with Gasteiger partial charge in [0.05, 0.1) is 13.0 Å². The molecule has 1 atom stereocenters. The maximum atomic E-state index is 11.4. The van der Waals surface area contributed by atoms with Gasteiger partial charge in [0.2, 0.25) is 6.10 Å². The lowest BCUT2D eigenvalue weighted by atomic mass is 10.2. The largest absolute Gasteiger partial charge is 0.481 e. The summed E-state index contributed by atoms with van der Waals surface area (Å²) >= 11 is 0. The summed E-state index contributed by atoms with van der Waals surface area (Å²) in [6.45, 7) is 4.64. The van der Waals surface area contributed by atoms with Crippen molar-refractivity contribution in [3.8, 4) is 0 Å². The molecule has 0 spiro atoms. The van der Waals surface area contributed by atoms with Crippen molar-refractivity contribution in [2.24, 2.45) is 0 Å². The van der Waals surface area contributed by atoms with Crippen molar-refractivity contribution in [1.29, 1.82) is 0 Å². The van der Waals surface area contributed by atoms with Crippen LogP contribution in [0.1, 0.15) is 19.8 Å². The molecule has 0 amide bonds. The van der Waals surface area contributed by atoms with Crippen LogP contribution >= 0.6 is 0 Å². The fourth-order valence-corrected chi connectivity index (χ4v) is 1.02. The number of hydrogen-bond acceptors (Lipinski definition) is 6. The first-order valence-corrected chi connectivity index (χ1v) is 5.30. The zero-order chi connectivity index (χ0) is 14.1. The number of carbonyl (C=O) groups excluding carboxylic acids is 2. The first kappa shape index (κ1) is 16.1. The van der Waals surface area contributed by atoms with Gasteiger partial charge in [0.25, 0.3) is 0 Å². The van der Waals surface area contributed by atoms with Gasteiger partial charge in [-0.1, -0.05) is 6.58 Å². The fraction of sp³-hybridized carbons (Fsp3) is 0.545. The molecule has 0 fully saturated rings. The number of esters is 2. The lowest BCUT2D eigenvalue weighted by Crippen LogP contribution is -2.32. The van der Waals surface area contributed by atoms with E-state index in [4.69, 9.17) is 10.2 Å². The number of ether oxygens (including phenoxy) is 2. The molecule has 0 aliphatic rings. The first-order valence-electron chi connectivity index (χ1n) is 5.30. The SMILES string of the molecule is C=C(CCO)C(=O)OC(CC(=O)O)C(=O)OCC. The normalized spacial score (nSPS) is 11.4. The highest BCUT2D eigenvalue weighted by Crippen LogP contribution is 2.08. The van der Waals surface area contributed by atoms with Gasteiger partial charge < -0.3 is 19.7 Å². The average Bonchev–Trinajstić information content (AvgIpc) is 2.28. The number of hydrogen-bond donors (Lipinski definition) is 2. The average molecular weight is 260 g/mol. The summed E-state index contributed by atoms with van der Waals surface area (Å²) in [6, 6.07) is 0. The summed E-state index contributed by atoms with van der Waals surface area (Å²) < 4.78 is 9.27. The minimum absolute atomic E-state index is 0.0125. The van der Waals surface area contributed by atoms with E-state index < -0.39 is 30.4 Å².